The molecule has 3 heteroatoms. The number of benzene rings is 1. The Kier molecular flexibility index (Phi) is 4.93. The zero-order valence-corrected chi connectivity index (χ0v) is 11.2. The molecule has 0 saturated carbocycles. The van der Waals surface area contributed by atoms with E-state index in [2.05, 4.69) is 29.4 Å². The van der Waals surface area contributed by atoms with Gasteiger partial charge >= 0.3 is 0 Å². The molecule has 2 rings (SSSR count). The summed E-state index contributed by atoms with van der Waals surface area (Å²) >= 11 is 0. The van der Waals surface area contributed by atoms with E-state index in [4.69, 9.17) is 0 Å². The number of phenols is 1. The number of nitrogens with one attached hydrogen (secondary N) is 1. The molecule has 19 heavy (non-hydrogen) atoms. The van der Waals surface area contributed by atoms with Gasteiger partial charge in [0.05, 0.1) is 0 Å². The summed E-state index contributed by atoms with van der Waals surface area (Å²) in [6.07, 6.45) is 5.60. The van der Waals surface area contributed by atoms with Crippen LogP contribution in [0.5, 0.6) is 5.75 Å². The van der Waals surface area contributed by atoms with Gasteiger partial charge in [0.25, 0.3) is 0 Å². The highest BCUT2D eigenvalue weighted by Crippen LogP contribution is 2.13. The predicted octanol–water partition coefficient (Wildman–Crippen LogP) is 2.55. The van der Waals surface area contributed by atoms with Crippen molar-refractivity contribution in [2.45, 2.75) is 25.8 Å². The summed E-state index contributed by atoms with van der Waals surface area (Å²) in [4.78, 5) is 4.04. The average Bonchev–Trinajstić information content (AvgIpc) is 2.43. The Hall–Kier alpha value is -1.87. The number of phenolic OH excluding ortho intramolecular Hbond substituents is 1. The summed E-state index contributed by atoms with van der Waals surface area (Å²) < 4.78 is 0. The first-order valence-electron chi connectivity index (χ1n) is 6.68. The monoisotopic (exact) mass is 256 g/mol. The van der Waals surface area contributed by atoms with Crippen LogP contribution >= 0.6 is 0 Å². The Labute approximate surface area is 114 Å². The Morgan fingerprint density at radius 1 is 1.00 bits per heavy atom. The normalized spacial score (nSPS) is 12.3. The van der Waals surface area contributed by atoms with Crippen LogP contribution in [-0.4, -0.2) is 22.7 Å². The van der Waals surface area contributed by atoms with Gasteiger partial charge in [-0.15, -0.1) is 0 Å². The molecule has 0 fully saturated rings. The number of hydrogen-bond acceptors (Lipinski definition) is 3. The van der Waals surface area contributed by atoms with Crippen LogP contribution in [0, 0.1) is 0 Å². The van der Waals surface area contributed by atoms with Crippen molar-refractivity contribution < 1.29 is 5.11 Å². The highest BCUT2D eigenvalue weighted by Gasteiger charge is 2.09. The summed E-state index contributed by atoms with van der Waals surface area (Å²) in [6, 6.07) is 12.0. The summed E-state index contributed by atoms with van der Waals surface area (Å²) in [5.74, 6) is 0.317. The van der Waals surface area contributed by atoms with Crippen LogP contribution in [0.25, 0.3) is 0 Å². The zero-order chi connectivity index (χ0) is 13.5. The molecule has 1 heterocycles. The van der Waals surface area contributed by atoms with E-state index in [1.54, 1.807) is 12.1 Å². The van der Waals surface area contributed by atoms with Gasteiger partial charge in [-0.1, -0.05) is 19.1 Å². The van der Waals surface area contributed by atoms with E-state index >= 15 is 0 Å². The van der Waals surface area contributed by atoms with Crippen LogP contribution < -0.4 is 5.32 Å². The molecular formula is C16H20N2O. The third-order valence-electron chi connectivity index (χ3n) is 3.14. The third kappa shape index (κ3) is 4.38. The topological polar surface area (TPSA) is 45.2 Å². The van der Waals surface area contributed by atoms with Crippen molar-refractivity contribution in [3.05, 3.63) is 59.9 Å². The summed E-state index contributed by atoms with van der Waals surface area (Å²) in [5, 5.41) is 12.8. The second kappa shape index (κ2) is 6.90. The Morgan fingerprint density at radius 3 is 2.16 bits per heavy atom. The fourth-order valence-electron chi connectivity index (χ4n) is 2.23. The quantitative estimate of drug-likeness (QED) is 0.835. The van der Waals surface area contributed by atoms with Crippen molar-refractivity contribution in [3.8, 4) is 5.75 Å². The molecular weight excluding hydrogens is 236 g/mol. The van der Waals surface area contributed by atoms with Crippen LogP contribution in [0.3, 0.4) is 0 Å². The lowest BCUT2D eigenvalue weighted by molar-refractivity contribution is 0.474. The molecule has 1 atom stereocenters. The smallest absolute Gasteiger partial charge is 0.115 e. The maximum Gasteiger partial charge on any atom is 0.115 e. The van der Waals surface area contributed by atoms with Gasteiger partial charge in [0.15, 0.2) is 0 Å². The number of nitrogens with zero attached hydrogens (tertiary/aromatic N) is 1. The molecule has 0 bridgehead atoms. The van der Waals surface area contributed by atoms with Gasteiger partial charge in [0, 0.05) is 18.4 Å². The largest absolute Gasteiger partial charge is 0.508 e. The van der Waals surface area contributed by atoms with E-state index in [0.29, 0.717) is 11.8 Å². The molecule has 0 aliphatic rings. The first-order valence-corrected chi connectivity index (χ1v) is 6.68. The lowest BCUT2D eigenvalue weighted by Crippen LogP contribution is -2.33. The average molecular weight is 256 g/mol. The molecule has 0 spiro atoms. The van der Waals surface area contributed by atoms with Crippen molar-refractivity contribution in [2.24, 2.45) is 0 Å². The number of aromatic nitrogens is 1. The van der Waals surface area contributed by atoms with E-state index in [0.717, 1.165) is 19.4 Å². The van der Waals surface area contributed by atoms with E-state index in [1.807, 2.05) is 24.5 Å². The summed E-state index contributed by atoms with van der Waals surface area (Å²) in [7, 11) is 0. The molecule has 0 aliphatic carbocycles. The maximum absolute atomic E-state index is 9.31. The minimum absolute atomic E-state index is 0.317. The van der Waals surface area contributed by atoms with Crippen LogP contribution in [0.15, 0.2) is 48.8 Å². The second-order valence-corrected chi connectivity index (χ2v) is 4.68. The van der Waals surface area contributed by atoms with E-state index in [9.17, 15) is 5.11 Å². The molecule has 0 aliphatic heterocycles. The van der Waals surface area contributed by atoms with Crippen LogP contribution in [0.2, 0.25) is 0 Å². The molecule has 100 valence electrons. The molecule has 3 nitrogen and oxygen atoms in total. The molecule has 1 aromatic heterocycles. The number of hydrogen-bond donors (Lipinski definition) is 2. The van der Waals surface area contributed by atoms with E-state index in [-0.39, 0.29) is 0 Å². The SMILES string of the molecule is CCNC(Cc1ccncc1)Cc1ccc(O)cc1. The molecule has 0 amide bonds. The van der Waals surface area contributed by atoms with Crippen LogP contribution in [0.4, 0.5) is 0 Å². The summed E-state index contributed by atoms with van der Waals surface area (Å²) in [6.45, 7) is 3.07. The van der Waals surface area contributed by atoms with Crippen molar-refractivity contribution >= 4 is 0 Å². The zero-order valence-electron chi connectivity index (χ0n) is 11.2. The van der Waals surface area contributed by atoms with Gasteiger partial charge in [-0.05, 0) is 54.8 Å². The van der Waals surface area contributed by atoms with Crippen molar-refractivity contribution in [3.63, 3.8) is 0 Å². The fourth-order valence-corrected chi connectivity index (χ4v) is 2.23. The predicted molar refractivity (Wildman–Crippen MR) is 77.2 cm³/mol. The molecule has 2 aromatic rings. The number of likely N-dealkylation sites (N-methyl/N-ethyl adjacent to an activating group) is 1. The van der Waals surface area contributed by atoms with Crippen LogP contribution in [-0.2, 0) is 12.8 Å². The lowest BCUT2D eigenvalue weighted by atomic mass is 9.99. The molecule has 0 radical (unpaired) electrons. The first-order chi connectivity index (χ1) is 9.28. The second-order valence-electron chi connectivity index (χ2n) is 4.68. The van der Waals surface area contributed by atoms with Gasteiger partial charge in [-0.3, -0.25) is 4.98 Å². The number of pyridine rings is 1. The molecule has 0 saturated heterocycles. The maximum atomic E-state index is 9.31. The van der Waals surface area contributed by atoms with E-state index in [1.165, 1.54) is 11.1 Å². The highest BCUT2D eigenvalue weighted by molar-refractivity contribution is 5.26. The van der Waals surface area contributed by atoms with Crippen molar-refractivity contribution in [1.29, 1.82) is 0 Å². The lowest BCUT2D eigenvalue weighted by Gasteiger charge is -2.18. The third-order valence-corrected chi connectivity index (χ3v) is 3.14. The van der Waals surface area contributed by atoms with Gasteiger partial charge < -0.3 is 10.4 Å². The summed E-state index contributed by atoms with van der Waals surface area (Å²) in [5.41, 5.74) is 2.53. The van der Waals surface area contributed by atoms with Gasteiger partial charge in [-0.2, -0.15) is 0 Å². The minimum atomic E-state index is 0.317. The van der Waals surface area contributed by atoms with Crippen LogP contribution in [0.1, 0.15) is 18.1 Å². The molecule has 1 aromatic carbocycles. The minimum Gasteiger partial charge on any atom is -0.508 e. The molecule has 1 unspecified atom stereocenters. The Bertz CT molecular complexity index is 482. The van der Waals surface area contributed by atoms with Crippen molar-refractivity contribution in [1.82, 2.24) is 10.3 Å². The fraction of sp³-hybridized carbons (Fsp3) is 0.312. The van der Waals surface area contributed by atoms with Gasteiger partial charge in [0.1, 0.15) is 5.75 Å². The highest BCUT2D eigenvalue weighted by atomic mass is 16.3. The Morgan fingerprint density at radius 2 is 1.58 bits per heavy atom. The first kappa shape index (κ1) is 13.6. The van der Waals surface area contributed by atoms with Gasteiger partial charge in [-0.25, -0.2) is 0 Å². The number of aromatic hydroxyl groups is 1. The standard InChI is InChI=1S/C16H20N2O/c1-2-18-15(12-14-7-9-17-10-8-14)11-13-3-5-16(19)6-4-13/h3-10,15,18-19H,2,11-12H2,1H3. The van der Waals surface area contributed by atoms with Crippen molar-refractivity contribution in [2.75, 3.05) is 6.54 Å². The van der Waals surface area contributed by atoms with E-state index < -0.39 is 0 Å². The molecule has 2 N–H and O–H groups in total. The number of rotatable bonds is 6. The Balaban J connectivity index is 2.01. The van der Waals surface area contributed by atoms with Gasteiger partial charge in [0.2, 0.25) is 0 Å².